The van der Waals surface area contributed by atoms with Crippen molar-refractivity contribution in [2.45, 2.75) is 0 Å². The molecule has 0 aliphatic carbocycles. The zero-order valence-electron chi connectivity index (χ0n) is 12.9. The third-order valence-corrected chi connectivity index (χ3v) is 3.07. The molecule has 2 aromatic rings. The molecule has 0 aliphatic rings. The fraction of sp³-hybridized carbons (Fsp3) is 0.111. The fourth-order valence-electron chi connectivity index (χ4n) is 1.78. The van der Waals surface area contributed by atoms with Crippen LogP contribution >= 0.6 is 11.6 Å². The highest BCUT2D eigenvalue weighted by molar-refractivity contribution is 6.30. The minimum absolute atomic E-state index is 0.160. The number of amides is 1. The van der Waals surface area contributed by atoms with Gasteiger partial charge in [0.05, 0.1) is 6.21 Å². The molecule has 2 aromatic carbocycles. The molecule has 0 heterocycles. The molecule has 1 amide bonds. The Morgan fingerprint density at radius 1 is 1.21 bits per heavy atom. The van der Waals surface area contributed by atoms with E-state index in [1.165, 1.54) is 6.21 Å². The van der Waals surface area contributed by atoms with Gasteiger partial charge in [-0.3, -0.25) is 4.79 Å². The SMILES string of the molecule is C=CCOc1ccccc1/C=N\NC(=O)COc1cccc(Cl)c1. The summed E-state index contributed by atoms with van der Waals surface area (Å²) in [5, 5.41) is 4.45. The molecule has 0 bridgehead atoms. The van der Waals surface area contributed by atoms with Crippen molar-refractivity contribution in [3.8, 4) is 11.5 Å². The van der Waals surface area contributed by atoms with Crippen molar-refractivity contribution >= 4 is 23.7 Å². The zero-order valence-corrected chi connectivity index (χ0v) is 13.7. The third-order valence-electron chi connectivity index (χ3n) is 2.83. The fourth-order valence-corrected chi connectivity index (χ4v) is 1.96. The lowest BCUT2D eigenvalue weighted by Crippen LogP contribution is -2.24. The van der Waals surface area contributed by atoms with Gasteiger partial charge >= 0.3 is 0 Å². The van der Waals surface area contributed by atoms with Crippen LogP contribution in [0, 0.1) is 0 Å². The molecule has 0 saturated heterocycles. The summed E-state index contributed by atoms with van der Waals surface area (Å²) in [6.07, 6.45) is 3.17. The summed E-state index contributed by atoms with van der Waals surface area (Å²) < 4.78 is 10.8. The molecule has 0 aliphatic heterocycles. The van der Waals surface area contributed by atoms with Crippen LogP contribution in [0.4, 0.5) is 0 Å². The molecule has 124 valence electrons. The van der Waals surface area contributed by atoms with Crippen LogP contribution in [0.2, 0.25) is 5.02 Å². The van der Waals surface area contributed by atoms with Crippen molar-refractivity contribution in [1.29, 1.82) is 0 Å². The molecule has 0 spiro atoms. The Morgan fingerprint density at radius 3 is 2.83 bits per heavy atom. The van der Waals surface area contributed by atoms with Crippen LogP contribution in [0.25, 0.3) is 0 Å². The number of ether oxygens (including phenoxy) is 2. The van der Waals surface area contributed by atoms with Crippen LogP contribution in [0.5, 0.6) is 11.5 Å². The molecule has 0 radical (unpaired) electrons. The predicted octanol–water partition coefficient (Wildman–Crippen LogP) is 3.43. The molecule has 0 aromatic heterocycles. The highest BCUT2D eigenvalue weighted by Gasteiger charge is 2.03. The number of benzene rings is 2. The maximum Gasteiger partial charge on any atom is 0.277 e. The molecule has 24 heavy (non-hydrogen) atoms. The van der Waals surface area contributed by atoms with E-state index in [0.717, 1.165) is 5.56 Å². The lowest BCUT2D eigenvalue weighted by Gasteiger charge is -2.07. The summed E-state index contributed by atoms with van der Waals surface area (Å²) in [4.78, 5) is 11.7. The minimum Gasteiger partial charge on any atom is -0.489 e. The average molecular weight is 345 g/mol. The maximum absolute atomic E-state index is 11.7. The monoisotopic (exact) mass is 344 g/mol. The first-order valence-corrected chi connectivity index (χ1v) is 7.60. The highest BCUT2D eigenvalue weighted by atomic mass is 35.5. The summed E-state index contributed by atoms with van der Waals surface area (Å²) in [6, 6.07) is 14.2. The Hall–Kier alpha value is -2.79. The number of para-hydroxylation sites is 1. The normalized spacial score (nSPS) is 10.4. The van der Waals surface area contributed by atoms with Gasteiger partial charge in [-0.05, 0) is 30.3 Å². The molecule has 2 rings (SSSR count). The van der Waals surface area contributed by atoms with E-state index in [9.17, 15) is 4.79 Å². The Morgan fingerprint density at radius 2 is 2.04 bits per heavy atom. The van der Waals surface area contributed by atoms with Gasteiger partial charge in [0.15, 0.2) is 6.61 Å². The van der Waals surface area contributed by atoms with Crippen molar-refractivity contribution in [3.05, 3.63) is 71.8 Å². The van der Waals surface area contributed by atoms with Gasteiger partial charge in [-0.15, -0.1) is 0 Å². The van der Waals surface area contributed by atoms with E-state index in [2.05, 4.69) is 17.1 Å². The Labute approximate surface area is 145 Å². The zero-order chi connectivity index (χ0) is 17.2. The molecule has 6 heteroatoms. The number of nitrogens with one attached hydrogen (secondary N) is 1. The van der Waals surface area contributed by atoms with Gasteiger partial charge in [0.1, 0.15) is 18.1 Å². The van der Waals surface area contributed by atoms with Crippen LogP contribution in [0.1, 0.15) is 5.56 Å². The van der Waals surface area contributed by atoms with Crippen molar-refractivity contribution < 1.29 is 14.3 Å². The van der Waals surface area contributed by atoms with E-state index in [-0.39, 0.29) is 12.5 Å². The van der Waals surface area contributed by atoms with Gasteiger partial charge < -0.3 is 9.47 Å². The van der Waals surface area contributed by atoms with Gasteiger partial charge in [-0.1, -0.05) is 42.5 Å². The largest absolute Gasteiger partial charge is 0.489 e. The average Bonchev–Trinajstić information content (AvgIpc) is 2.59. The number of halogens is 1. The predicted molar refractivity (Wildman–Crippen MR) is 94.8 cm³/mol. The van der Waals surface area contributed by atoms with E-state index in [4.69, 9.17) is 21.1 Å². The molecular formula is C18H17ClN2O3. The first-order valence-electron chi connectivity index (χ1n) is 7.22. The van der Waals surface area contributed by atoms with Gasteiger partial charge in [-0.25, -0.2) is 5.43 Å². The first kappa shape index (κ1) is 17.6. The standard InChI is InChI=1S/C18H17ClN2O3/c1-2-10-23-17-9-4-3-6-14(17)12-20-21-18(22)13-24-16-8-5-7-15(19)11-16/h2-9,11-12H,1,10,13H2,(H,21,22)/b20-12-. The summed E-state index contributed by atoms with van der Waals surface area (Å²) in [6.45, 7) is 3.84. The Balaban J connectivity index is 1.85. The highest BCUT2D eigenvalue weighted by Crippen LogP contribution is 2.17. The summed E-state index contributed by atoms with van der Waals surface area (Å²) in [5.74, 6) is 0.797. The maximum atomic E-state index is 11.7. The quantitative estimate of drug-likeness (QED) is 0.453. The van der Waals surface area contributed by atoms with E-state index in [0.29, 0.717) is 23.1 Å². The number of rotatable bonds is 8. The van der Waals surface area contributed by atoms with Crippen molar-refractivity contribution in [1.82, 2.24) is 5.43 Å². The number of hydrogen-bond acceptors (Lipinski definition) is 4. The number of hydrazone groups is 1. The van der Waals surface area contributed by atoms with E-state index >= 15 is 0 Å². The van der Waals surface area contributed by atoms with Crippen LogP contribution in [-0.2, 0) is 4.79 Å². The lowest BCUT2D eigenvalue weighted by molar-refractivity contribution is -0.123. The number of carbonyl (C=O) groups is 1. The summed E-state index contributed by atoms with van der Waals surface area (Å²) >= 11 is 5.84. The molecule has 1 N–H and O–H groups in total. The second kappa shape index (κ2) is 9.37. The molecule has 0 atom stereocenters. The summed E-state index contributed by atoms with van der Waals surface area (Å²) in [7, 11) is 0. The van der Waals surface area contributed by atoms with E-state index in [1.54, 1.807) is 30.3 Å². The number of hydrogen-bond donors (Lipinski definition) is 1. The Kier molecular flexibility index (Phi) is 6.86. The van der Waals surface area contributed by atoms with Crippen LogP contribution in [0.15, 0.2) is 66.3 Å². The summed E-state index contributed by atoms with van der Waals surface area (Å²) in [5.41, 5.74) is 3.14. The van der Waals surface area contributed by atoms with Crippen LogP contribution < -0.4 is 14.9 Å². The second-order valence-electron chi connectivity index (χ2n) is 4.68. The first-order chi connectivity index (χ1) is 11.7. The van der Waals surface area contributed by atoms with Gasteiger partial charge in [0.25, 0.3) is 5.91 Å². The van der Waals surface area contributed by atoms with Gasteiger partial charge in [-0.2, -0.15) is 5.10 Å². The molecule has 0 fully saturated rings. The van der Waals surface area contributed by atoms with Gasteiger partial charge in [0, 0.05) is 10.6 Å². The lowest BCUT2D eigenvalue weighted by atomic mass is 10.2. The number of carbonyl (C=O) groups excluding carboxylic acids is 1. The molecule has 5 nitrogen and oxygen atoms in total. The molecular weight excluding hydrogens is 328 g/mol. The van der Waals surface area contributed by atoms with Crippen molar-refractivity contribution in [2.75, 3.05) is 13.2 Å². The van der Waals surface area contributed by atoms with Gasteiger partial charge in [0.2, 0.25) is 0 Å². The van der Waals surface area contributed by atoms with Crippen molar-refractivity contribution in [3.63, 3.8) is 0 Å². The third kappa shape index (κ3) is 5.78. The van der Waals surface area contributed by atoms with E-state index in [1.807, 2.05) is 24.3 Å². The smallest absolute Gasteiger partial charge is 0.277 e. The number of nitrogens with zero attached hydrogens (tertiary/aromatic N) is 1. The van der Waals surface area contributed by atoms with Crippen LogP contribution in [-0.4, -0.2) is 25.3 Å². The second-order valence-corrected chi connectivity index (χ2v) is 5.11. The minimum atomic E-state index is -0.379. The van der Waals surface area contributed by atoms with Crippen LogP contribution in [0.3, 0.4) is 0 Å². The van der Waals surface area contributed by atoms with Crippen molar-refractivity contribution in [2.24, 2.45) is 5.10 Å². The molecule has 0 saturated carbocycles. The van der Waals surface area contributed by atoms with E-state index < -0.39 is 0 Å². The molecule has 0 unspecified atom stereocenters. The topological polar surface area (TPSA) is 59.9 Å². The Bertz CT molecular complexity index is 732.